The number of rotatable bonds is 2. The fourth-order valence-electron chi connectivity index (χ4n) is 1.55. The number of aliphatic hydroxyl groups excluding tert-OH is 1. The minimum atomic E-state index is 0.0282. The van der Waals surface area contributed by atoms with E-state index < -0.39 is 0 Å². The predicted octanol–water partition coefficient (Wildman–Crippen LogP) is 1.17. The van der Waals surface area contributed by atoms with Crippen LogP contribution in [0, 0.1) is 0 Å². The van der Waals surface area contributed by atoms with Gasteiger partial charge in [0, 0.05) is 23.8 Å². The van der Waals surface area contributed by atoms with E-state index in [9.17, 15) is 0 Å². The lowest BCUT2D eigenvalue weighted by Crippen LogP contribution is -2.36. The van der Waals surface area contributed by atoms with Crippen LogP contribution in [0.1, 0.15) is 5.56 Å². The highest BCUT2D eigenvalue weighted by Crippen LogP contribution is 2.21. The van der Waals surface area contributed by atoms with Crippen molar-refractivity contribution in [2.75, 3.05) is 31.2 Å². The summed E-state index contributed by atoms with van der Waals surface area (Å²) in [5.41, 5.74) is 0.867. The van der Waals surface area contributed by atoms with Crippen LogP contribution in [0.25, 0.3) is 0 Å². The molecule has 0 spiro atoms. The van der Waals surface area contributed by atoms with Gasteiger partial charge in [-0.1, -0.05) is 0 Å². The van der Waals surface area contributed by atoms with E-state index in [4.69, 9.17) is 9.84 Å². The first kappa shape index (κ1) is 10.9. The Kier molecular flexibility index (Phi) is 3.56. The number of morpholine rings is 1. The van der Waals surface area contributed by atoms with Gasteiger partial charge in [0.05, 0.1) is 19.8 Å². The third-order valence-corrected chi connectivity index (χ3v) is 3.14. The number of aliphatic hydroxyl groups is 1. The number of aromatic nitrogens is 1. The summed E-state index contributed by atoms with van der Waals surface area (Å²) in [6.45, 7) is 3.23. The smallest absolute Gasteiger partial charge is 0.129 e. The molecule has 1 fully saturated rings. The van der Waals surface area contributed by atoms with Crippen molar-refractivity contribution in [1.82, 2.24) is 4.98 Å². The van der Waals surface area contributed by atoms with Crippen LogP contribution in [0.2, 0.25) is 0 Å². The van der Waals surface area contributed by atoms with Gasteiger partial charge in [-0.2, -0.15) is 0 Å². The molecule has 1 saturated heterocycles. The van der Waals surface area contributed by atoms with Crippen LogP contribution >= 0.6 is 15.9 Å². The van der Waals surface area contributed by atoms with Crippen molar-refractivity contribution in [3.05, 3.63) is 22.3 Å². The Balaban J connectivity index is 2.20. The maximum Gasteiger partial charge on any atom is 0.129 e. The number of hydrogen-bond donors (Lipinski definition) is 1. The minimum absolute atomic E-state index is 0.0282. The monoisotopic (exact) mass is 272 g/mol. The fraction of sp³-hybridized carbons (Fsp3) is 0.500. The lowest BCUT2D eigenvalue weighted by atomic mass is 10.2. The molecule has 2 heterocycles. The van der Waals surface area contributed by atoms with Gasteiger partial charge in [0.15, 0.2) is 0 Å². The van der Waals surface area contributed by atoms with E-state index >= 15 is 0 Å². The Hall–Kier alpha value is -0.650. The Labute approximate surface area is 97.0 Å². The van der Waals surface area contributed by atoms with Gasteiger partial charge in [-0.15, -0.1) is 0 Å². The average molecular weight is 273 g/mol. The number of hydrogen-bond acceptors (Lipinski definition) is 4. The Morgan fingerprint density at radius 1 is 1.47 bits per heavy atom. The van der Waals surface area contributed by atoms with E-state index in [2.05, 4.69) is 25.8 Å². The van der Waals surface area contributed by atoms with Crippen LogP contribution < -0.4 is 4.90 Å². The first-order valence-corrected chi connectivity index (χ1v) is 5.68. The molecule has 0 saturated carbocycles. The summed E-state index contributed by atoms with van der Waals surface area (Å²) >= 11 is 3.35. The van der Waals surface area contributed by atoms with Crippen LogP contribution in [0.4, 0.5) is 5.82 Å². The van der Waals surface area contributed by atoms with Gasteiger partial charge < -0.3 is 14.7 Å². The molecule has 0 aromatic carbocycles. The van der Waals surface area contributed by atoms with Gasteiger partial charge in [0.2, 0.25) is 0 Å². The Bertz CT molecular complexity index is 340. The molecule has 0 amide bonds. The molecule has 0 unspecified atom stereocenters. The zero-order valence-corrected chi connectivity index (χ0v) is 9.90. The largest absolute Gasteiger partial charge is 0.392 e. The van der Waals surface area contributed by atoms with Crippen LogP contribution in [0.5, 0.6) is 0 Å². The zero-order chi connectivity index (χ0) is 10.7. The summed E-state index contributed by atoms with van der Waals surface area (Å²) < 4.78 is 6.12. The number of anilines is 1. The molecular weight excluding hydrogens is 260 g/mol. The highest BCUT2D eigenvalue weighted by molar-refractivity contribution is 9.10. The summed E-state index contributed by atoms with van der Waals surface area (Å²) in [6, 6.07) is 1.91. The second kappa shape index (κ2) is 4.92. The molecule has 82 valence electrons. The molecule has 1 aromatic rings. The molecule has 0 radical (unpaired) electrons. The van der Waals surface area contributed by atoms with Crippen molar-refractivity contribution in [2.24, 2.45) is 0 Å². The first-order chi connectivity index (χ1) is 7.31. The topological polar surface area (TPSA) is 45.6 Å². The standard InChI is InChI=1S/C10H13BrN2O2/c11-9-6-12-10(5-8(9)7-14)13-1-3-15-4-2-13/h5-6,14H,1-4,7H2. The minimum Gasteiger partial charge on any atom is -0.392 e. The first-order valence-electron chi connectivity index (χ1n) is 4.89. The third-order valence-electron chi connectivity index (χ3n) is 2.43. The van der Waals surface area contributed by atoms with Gasteiger partial charge in [-0.25, -0.2) is 4.98 Å². The van der Waals surface area contributed by atoms with Crippen molar-refractivity contribution >= 4 is 21.7 Å². The predicted molar refractivity (Wildman–Crippen MR) is 60.9 cm³/mol. The van der Waals surface area contributed by atoms with Crippen LogP contribution in [0.15, 0.2) is 16.7 Å². The van der Waals surface area contributed by atoms with Crippen molar-refractivity contribution in [2.45, 2.75) is 6.61 Å². The molecule has 1 aliphatic rings. The number of ether oxygens (including phenoxy) is 1. The second-order valence-corrected chi connectivity index (χ2v) is 4.25. The highest BCUT2D eigenvalue weighted by Gasteiger charge is 2.13. The molecular formula is C10H13BrN2O2. The average Bonchev–Trinajstić information content (AvgIpc) is 2.31. The molecule has 1 N–H and O–H groups in total. The number of pyridine rings is 1. The summed E-state index contributed by atoms with van der Waals surface area (Å²) in [6.07, 6.45) is 1.73. The molecule has 0 aliphatic carbocycles. The Morgan fingerprint density at radius 2 is 2.20 bits per heavy atom. The molecule has 1 aliphatic heterocycles. The fourth-order valence-corrected chi connectivity index (χ4v) is 1.90. The molecule has 0 bridgehead atoms. The van der Waals surface area contributed by atoms with E-state index in [1.807, 2.05) is 6.07 Å². The van der Waals surface area contributed by atoms with Gasteiger partial charge in [-0.3, -0.25) is 0 Å². The summed E-state index contributed by atoms with van der Waals surface area (Å²) in [4.78, 5) is 6.48. The summed E-state index contributed by atoms with van der Waals surface area (Å²) in [5.74, 6) is 0.908. The maximum atomic E-state index is 9.14. The van der Waals surface area contributed by atoms with E-state index in [1.54, 1.807) is 6.20 Å². The van der Waals surface area contributed by atoms with E-state index in [1.165, 1.54) is 0 Å². The van der Waals surface area contributed by atoms with Gasteiger partial charge in [0.1, 0.15) is 5.82 Å². The van der Waals surface area contributed by atoms with Crippen LogP contribution in [-0.4, -0.2) is 36.4 Å². The lowest BCUT2D eigenvalue weighted by molar-refractivity contribution is 0.122. The van der Waals surface area contributed by atoms with E-state index in [0.717, 1.165) is 42.2 Å². The maximum absolute atomic E-state index is 9.14. The molecule has 5 heteroatoms. The van der Waals surface area contributed by atoms with Crippen molar-refractivity contribution in [3.8, 4) is 0 Å². The second-order valence-electron chi connectivity index (χ2n) is 3.39. The van der Waals surface area contributed by atoms with Crippen molar-refractivity contribution in [1.29, 1.82) is 0 Å². The molecule has 15 heavy (non-hydrogen) atoms. The van der Waals surface area contributed by atoms with E-state index in [0.29, 0.717) is 0 Å². The van der Waals surface area contributed by atoms with Gasteiger partial charge in [0.25, 0.3) is 0 Å². The summed E-state index contributed by atoms with van der Waals surface area (Å²) in [7, 11) is 0. The number of halogens is 1. The third kappa shape index (κ3) is 2.48. The lowest BCUT2D eigenvalue weighted by Gasteiger charge is -2.28. The Morgan fingerprint density at radius 3 is 2.87 bits per heavy atom. The summed E-state index contributed by atoms with van der Waals surface area (Å²) in [5, 5.41) is 9.14. The van der Waals surface area contributed by atoms with Crippen molar-refractivity contribution < 1.29 is 9.84 Å². The molecule has 4 nitrogen and oxygen atoms in total. The number of nitrogens with zero attached hydrogens (tertiary/aromatic N) is 2. The van der Waals surface area contributed by atoms with Crippen LogP contribution in [-0.2, 0) is 11.3 Å². The normalized spacial score (nSPS) is 16.8. The quantitative estimate of drug-likeness (QED) is 0.878. The molecule has 2 rings (SSSR count). The van der Waals surface area contributed by atoms with Gasteiger partial charge >= 0.3 is 0 Å². The molecule has 1 aromatic heterocycles. The highest BCUT2D eigenvalue weighted by atomic mass is 79.9. The van der Waals surface area contributed by atoms with E-state index in [-0.39, 0.29) is 6.61 Å². The SMILES string of the molecule is OCc1cc(N2CCOCC2)ncc1Br. The zero-order valence-electron chi connectivity index (χ0n) is 8.32. The molecule has 0 atom stereocenters. The van der Waals surface area contributed by atoms with Gasteiger partial charge in [-0.05, 0) is 27.6 Å². The van der Waals surface area contributed by atoms with Crippen LogP contribution in [0.3, 0.4) is 0 Å². The van der Waals surface area contributed by atoms with Crippen molar-refractivity contribution in [3.63, 3.8) is 0 Å².